The number of rotatable bonds is 6. The summed E-state index contributed by atoms with van der Waals surface area (Å²) < 4.78 is 5.25. The number of carbonyl (C=O) groups excluding carboxylic acids is 2. The van der Waals surface area contributed by atoms with Crippen molar-refractivity contribution in [2.75, 3.05) is 25.0 Å². The second-order valence-electron chi connectivity index (χ2n) is 6.14. The molecule has 1 aliphatic heterocycles. The number of hydrogen-bond acceptors (Lipinski definition) is 5. The van der Waals surface area contributed by atoms with Crippen molar-refractivity contribution in [2.24, 2.45) is 0 Å². The van der Waals surface area contributed by atoms with E-state index in [1.165, 1.54) is 18.2 Å². The molecular formula is C19H19N3O5. The number of hydrogen-bond donors (Lipinski definition) is 1. The topological polar surface area (TPSA) is 102 Å². The maximum atomic E-state index is 12.3. The molecule has 1 saturated heterocycles. The maximum absolute atomic E-state index is 12.3. The quantitative estimate of drug-likeness (QED) is 0.623. The van der Waals surface area contributed by atoms with Gasteiger partial charge in [0.2, 0.25) is 0 Å². The molecule has 1 N–H and O–H groups in total. The molecule has 0 aliphatic carbocycles. The van der Waals surface area contributed by atoms with E-state index in [9.17, 15) is 19.7 Å². The molecule has 0 aromatic heterocycles. The first-order valence-electron chi connectivity index (χ1n) is 8.60. The Kier molecular flexibility index (Phi) is 5.65. The molecule has 140 valence electrons. The SMILES string of the molecule is O=C(COc1ccccc1[N+](=O)[O-])Nc1ccc(C(=O)N2CCCC2)cc1. The van der Waals surface area contributed by atoms with Crippen molar-refractivity contribution in [3.63, 3.8) is 0 Å². The summed E-state index contributed by atoms with van der Waals surface area (Å²) in [5.74, 6) is -0.430. The van der Waals surface area contributed by atoms with E-state index in [0.29, 0.717) is 11.3 Å². The molecule has 0 saturated carbocycles. The van der Waals surface area contributed by atoms with E-state index in [0.717, 1.165) is 25.9 Å². The highest BCUT2D eigenvalue weighted by Crippen LogP contribution is 2.25. The first-order valence-corrected chi connectivity index (χ1v) is 8.60. The van der Waals surface area contributed by atoms with E-state index in [1.54, 1.807) is 30.3 Å². The van der Waals surface area contributed by atoms with Crippen LogP contribution < -0.4 is 10.1 Å². The summed E-state index contributed by atoms with van der Waals surface area (Å²) in [6.45, 7) is 1.19. The van der Waals surface area contributed by atoms with Crippen molar-refractivity contribution in [1.82, 2.24) is 4.90 Å². The van der Waals surface area contributed by atoms with Crippen LogP contribution in [0.1, 0.15) is 23.2 Å². The average Bonchev–Trinajstić information content (AvgIpc) is 3.21. The summed E-state index contributed by atoms with van der Waals surface area (Å²) in [7, 11) is 0. The molecule has 1 heterocycles. The molecule has 0 unspecified atom stereocenters. The van der Waals surface area contributed by atoms with Crippen molar-refractivity contribution in [1.29, 1.82) is 0 Å². The highest BCUT2D eigenvalue weighted by atomic mass is 16.6. The van der Waals surface area contributed by atoms with Gasteiger partial charge in [0.1, 0.15) is 0 Å². The van der Waals surface area contributed by atoms with Gasteiger partial charge in [-0.15, -0.1) is 0 Å². The summed E-state index contributed by atoms with van der Waals surface area (Å²) >= 11 is 0. The number of ether oxygens (including phenoxy) is 1. The van der Waals surface area contributed by atoms with Gasteiger partial charge in [-0.3, -0.25) is 19.7 Å². The van der Waals surface area contributed by atoms with Gasteiger partial charge in [0, 0.05) is 30.4 Å². The lowest BCUT2D eigenvalue weighted by molar-refractivity contribution is -0.385. The first kappa shape index (κ1) is 18.4. The standard InChI is InChI=1S/C19H19N3O5/c23-18(13-27-17-6-2-1-5-16(17)22(25)26)20-15-9-7-14(8-10-15)19(24)21-11-3-4-12-21/h1-2,5-10H,3-4,11-13H2,(H,20,23). The van der Waals surface area contributed by atoms with Crippen LogP contribution in [-0.4, -0.2) is 41.3 Å². The van der Waals surface area contributed by atoms with Crippen molar-refractivity contribution in [3.05, 3.63) is 64.2 Å². The molecule has 0 radical (unpaired) electrons. The lowest BCUT2D eigenvalue weighted by Gasteiger charge is -2.15. The van der Waals surface area contributed by atoms with Crippen LogP contribution >= 0.6 is 0 Å². The smallest absolute Gasteiger partial charge is 0.310 e. The van der Waals surface area contributed by atoms with E-state index < -0.39 is 10.8 Å². The van der Waals surface area contributed by atoms with E-state index in [2.05, 4.69) is 5.32 Å². The molecule has 8 heteroatoms. The fraction of sp³-hybridized carbons (Fsp3) is 0.263. The number of nitro benzene ring substituents is 1. The van der Waals surface area contributed by atoms with Crippen molar-refractivity contribution >= 4 is 23.2 Å². The predicted molar refractivity (Wildman–Crippen MR) is 98.8 cm³/mol. The minimum Gasteiger partial charge on any atom is -0.477 e. The number of amides is 2. The summed E-state index contributed by atoms with van der Waals surface area (Å²) in [5.41, 5.74) is 0.894. The minimum atomic E-state index is -0.566. The molecule has 8 nitrogen and oxygen atoms in total. The average molecular weight is 369 g/mol. The molecule has 3 rings (SSSR count). The van der Waals surface area contributed by atoms with Crippen molar-refractivity contribution < 1.29 is 19.2 Å². The second kappa shape index (κ2) is 8.31. The second-order valence-corrected chi connectivity index (χ2v) is 6.14. The number of carbonyl (C=O) groups is 2. The Morgan fingerprint density at radius 1 is 1.07 bits per heavy atom. The Morgan fingerprint density at radius 2 is 1.74 bits per heavy atom. The van der Waals surface area contributed by atoms with Crippen LogP contribution in [-0.2, 0) is 4.79 Å². The molecule has 27 heavy (non-hydrogen) atoms. The molecule has 0 atom stereocenters. The van der Waals surface area contributed by atoms with Gasteiger partial charge in [-0.2, -0.15) is 0 Å². The Hall–Kier alpha value is -3.42. The fourth-order valence-electron chi connectivity index (χ4n) is 2.87. The van der Waals surface area contributed by atoms with Gasteiger partial charge in [-0.05, 0) is 43.2 Å². The Morgan fingerprint density at radius 3 is 2.41 bits per heavy atom. The predicted octanol–water partition coefficient (Wildman–Crippen LogP) is 2.85. The highest BCUT2D eigenvalue weighted by Gasteiger charge is 2.19. The van der Waals surface area contributed by atoms with E-state index in [-0.39, 0.29) is 24.0 Å². The Balaban J connectivity index is 1.55. The van der Waals surface area contributed by atoms with Crippen molar-refractivity contribution in [3.8, 4) is 5.75 Å². The number of likely N-dealkylation sites (tertiary alicyclic amines) is 1. The van der Waals surface area contributed by atoms with E-state index >= 15 is 0 Å². The minimum absolute atomic E-state index is 0.00917. The monoisotopic (exact) mass is 369 g/mol. The van der Waals surface area contributed by atoms with Gasteiger partial charge in [0.05, 0.1) is 4.92 Å². The van der Waals surface area contributed by atoms with Gasteiger partial charge < -0.3 is 15.0 Å². The number of benzene rings is 2. The van der Waals surface area contributed by atoms with Gasteiger partial charge >= 0.3 is 5.69 Å². The largest absolute Gasteiger partial charge is 0.477 e. The maximum Gasteiger partial charge on any atom is 0.310 e. The fourth-order valence-corrected chi connectivity index (χ4v) is 2.87. The zero-order valence-electron chi connectivity index (χ0n) is 14.6. The number of nitro groups is 1. The third-order valence-electron chi connectivity index (χ3n) is 4.23. The highest BCUT2D eigenvalue weighted by molar-refractivity contribution is 5.96. The third-order valence-corrected chi connectivity index (χ3v) is 4.23. The molecule has 1 aliphatic rings. The number of nitrogens with zero attached hydrogens (tertiary/aromatic N) is 2. The van der Waals surface area contributed by atoms with Crippen LogP contribution in [0.15, 0.2) is 48.5 Å². The summed E-state index contributed by atoms with van der Waals surface area (Å²) in [6, 6.07) is 12.5. The molecule has 2 amide bonds. The molecule has 1 fully saturated rings. The molecule has 2 aromatic carbocycles. The lowest BCUT2D eigenvalue weighted by atomic mass is 10.2. The van der Waals surface area contributed by atoms with Crippen LogP contribution in [0.2, 0.25) is 0 Å². The number of anilines is 1. The number of nitrogens with one attached hydrogen (secondary N) is 1. The van der Waals surface area contributed by atoms with Crippen LogP contribution in [0.25, 0.3) is 0 Å². The Bertz CT molecular complexity index is 845. The summed E-state index contributed by atoms with van der Waals surface area (Å²) in [6.07, 6.45) is 2.05. The number of para-hydroxylation sites is 2. The molecular weight excluding hydrogens is 350 g/mol. The molecule has 0 bridgehead atoms. The van der Waals surface area contributed by atoms with E-state index in [1.807, 2.05) is 4.90 Å². The Labute approximate surface area is 155 Å². The van der Waals surface area contributed by atoms with Crippen LogP contribution in [0.5, 0.6) is 5.75 Å². The normalized spacial score (nSPS) is 13.3. The zero-order valence-corrected chi connectivity index (χ0v) is 14.6. The van der Waals surface area contributed by atoms with Crippen molar-refractivity contribution in [2.45, 2.75) is 12.8 Å². The van der Waals surface area contributed by atoms with Gasteiger partial charge in [-0.1, -0.05) is 12.1 Å². The van der Waals surface area contributed by atoms with Gasteiger partial charge in [0.15, 0.2) is 12.4 Å². The van der Waals surface area contributed by atoms with Gasteiger partial charge in [-0.25, -0.2) is 0 Å². The molecule has 0 spiro atoms. The molecule has 2 aromatic rings. The van der Waals surface area contributed by atoms with Gasteiger partial charge in [0.25, 0.3) is 11.8 Å². The van der Waals surface area contributed by atoms with Crippen LogP contribution in [0, 0.1) is 10.1 Å². The zero-order chi connectivity index (χ0) is 19.2. The lowest BCUT2D eigenvalue weighted by Crippen LogP contribution is -2.27. The van der Waals surface area contributed by atoms with Crippen LogP contribution in [0.4, 0.5) is 11.4 Å². The summed E-state index contributed by atoms with van der Waals surface area (Å²) in [5, 5.41) is 13.6. The summed E-state index contributed by atoms with van der Waals surface area (Å²) in [4.78, 5) is 36.5. The van der Waals surface area contributed by atoms with E-state index in [4.69, 9.17) is 4.74 Å². The first-order chi connectivity index (χ1) is 13.0. The third kappa shape index (κ3) is 4.60. The van der Waals surface area contributed by atoms with Crippen LogP contribution in [0.3, 0.4) is 0 Å².